The first-order chi connectivity index (χ1) is 8.61. The van der Waals surface area contributed by atoms with Crippen molar-refractivity contribution in [1.29, 1.82) is 0 Å². The number of hydrogen-bond acceptors (Lipinski definition) is 3. The van der Waals surface area contributed by atoms with Gasteiger partial charge < -0.3 is 9.73 Å². The van der Waals surface area contributed by atoms with Crippen molar-refractivity contribution in [3.05, 3.63) is 41.4 Å². The largest absolute Gasteiger partial charge is 0.419 e. The molecule has 1 aromatic heterocycles. The van der Waals surface area contributed by atoms with Crippen LogP contribution in [-0.2, 0) is 7.05 Å². The number of benzene rings is 1. The maximum Gasteiger partial charge on any atom is 0.419 e. The molecule has 0 aliphatic heterocycles. The number of hydrogen-bond donors (Lipinski definition) is 1. The fourth-order valence-corrected chi connectivity index (χ4v) is 1.95. The van der Waals surface area contributed by atoms with Crippen LogP contribution in [0.4, 0.5) is 5.69 Å². The van der Waals surface area contributed by atoms with Crippen LogP contribution in [0.3, 0.4) is 0 Å². The number of allylic oxidation sites excluding steroid dienone is 1. The smallest absolute Gasteiger partial charge is 0.408 e. The molecule has 96 valence electrons. The summed E-state index contributed by atoms with van der Waals surface area (Å²) in [4.78, 5) is 11.4. The van der Waals surface area contributed by atoms with Gasteiger partial charge in [-0.15, -0.1) is 6.58 Å². The van der Waals surface area contributed by atoms with E-state index >= 15 is 0 Å². The van der Waals surface area contributed by atoms with E-state index in [0.29, 0.717) is 11.6 Å². The zero-order valence-electron chi connectivity index (χ0n) is 10.8. The molecule has 0 saturated carbocycles. The summed E-state index contributed by atoms with van der Waals surface area (Å²) in [7, 11) is 1.70. The van der Waals surface area contributed by atoms with Gasteiger partial charge in [-0.05, 0) is 31.9 Å². The predicted molar refractivity (Wildman–Crippen MR) is 74.0 cm³/mol. The number of aryl methyl sites for hydroxylation is 1. The highest BCUT2D eigenvalue weighted by Gasteiger charge is 2.07. The Labute approximate surface area is 106 Å². The maximum absolute atomic E-state index is 11.4. The molecule has 4 heteroatoms. The fraction of sp³-hybridized carbons (Fsp3) is 0.357. The van der Waals surface area contributed by atoms with Crippen molar-refractivity contribution in [2.75, 3.05) is 5.32 Å². The molecule has 1 N–H and O–H groups in total. The summed E-state index contributed by atoms with van der Waals surface area (Å²) in [5.41, 5.74) is 2.39. The maximum atomic E-state index is 11.4. The van der Waals surface area contributed by atoms with Crippen LogP contribution in [-0.4, -0.2) is 10.6 Å². The predicted octanol–water partition coefficient (Wildman–Crippen LogP) is 2.90. The molecule has 2 rings (SSSR count). The van der Waals surface area contributed by atoms with E-state index in [9.17, 15) is 4.79 Å². The molecule has 1 heterocycles. The molecule has 0 aliphatic carbocycles. The van der Waals surface area contributed by atoms with Gasteiger partial charge in [0.1, 0.15) is 0 Å². The van der Waals surface area contributed by atoms with E-state index in [4.69, 9.17) is 4.42 Å². The molecule has 0 amide bonds. The molecular formula is C14H18N2O2. The lowest BCUT2D eigenvalue weighted by atomic mass is 10.1. The lowest BCUT2D eigenvalue weighted by Gasteiger charge is -2.14. The molecule has 1 atom stereocenters. The molecule has 0 radical (unpaired) electrons. The van der Waals surface area contributed by atoms with Crippen molar-refractivity contribution in [2.24, 2.45) is 7.05 Å². The highest BCUT2D eigenvalue weighted by Crippen LogP contribution is 2.19. The summed E-state index contributed by atoms with van der Waals surface area (Å²) in [6.07, 6.45) is 3.93. The highest BCUT2D eigenvalue weighted by atomic mass is 16.4. The van der Waals surface area contributed by atoms with Crippen molar-refractivity contribution in [3.8, 4) is 0 Å². The molecule has 1 aromatic carbocycles. The Morgan fingerprint density at radius 1 is 1.56 bits per heavy atom. The van der Waals surface area contributed by atoms with E-state index in [1.54, 1.807) is 7.05 Å². The minimum atomic E-state index is -0.332. The second-order valence-electron chi connectivity index (χ2n) is 4.52. The Bertz CT molecular complexity index is 610. The van der Waals surface area contributed by atoms with E-state index in [2.05, 4.69) is 18.8 Å². The second kappa shape index (κ2) is 5.12. The van der Waals surface area contributed by atoms with Gasteiger partial charge in [0.15, 0.2) is 5.58 Å². The first-order valence-electron chi connectivity index (χ1n) is 6.09. The summed E-state index contributed by atoms with van der Waals surface area (Å²) in [6.45, 7) is 5.83. The van der Waals surface area contributed by atoms with E-state index in [-0.39, 0.29) is 5.76 Å². The highest BCUT2D eigenvalue weighted by molar-refractivity contribution is 5.77. The van der Waals surface area contributed by atoms with E-state index in [0.717, 1.165) is 24.0 Å². The van der Waals surface area contributed by atoms with Gasteiger partial charge in [-0.2, -0.15) is 0 Å². The van der Waals surface area contributed by atoms with Crippen LogP contribution >= 0.6 is 0 Å². The summed E-state index contributed by atoms with van der Waals surface area (Å²) in [5, 5.41) is 3.38. The summed E-state index contributed by atoms with van der Waals surface area (Å²) < 4.78 is 6.65. The SMILES string of the molecule is C=CCC[C@@H](C)Nc1ccc2c(c1)oc(=O)n2C. The molecular weight excluding hydrogens is 228 g/mol. The minimum absolute atomic E-state index is 0.332. The van der Waals surface area contributed by atoms with E-state index in [1.807, 2.05) is 24.3 Å². The van der Waals surface area contributed by atoms with Crippen LogP contribution in [0.15, 0.2) is 40.1 Å². The average Bonchev–Trinajstić information content (AvgIpc) is 2.62. The lowest BCUT2D eigenvalue weighted by molar-refractivity contribution is 0.528. The van der Waals surface area contributed by atoms with Gasteiger partial charge in [0.2, 0.25) is 0 Å². The van der Waals surface area contributed by atoms with Gasteiger partial charge >= 0.3 is 5.76 Å². The van der Waals surface area contributed by atoms with Gasteiger partial charge in [0.25, 0.3) is 0 Å². The standard InChI is InChI=1S/C14H18N2O2/c1-4-5-6-10(2)15-11-7-8-12-13(9-11)18-14(17)16(12)3/h4,7-10,15H,1,5-6H2,2-3H3/t10-/m1/s1. The van der Waals surface area contributed by atoms with Crippen molar-refractivity contribution >= 4 is 16.8 Å². The molecule has 18 heavy (non-hydrogen) atoms. The van der Waals surface area contributed by atoms with Crippen LogP contribution in [0.1, 0.15) is 19.8 Å². The van der Waals surface area contributed by atoms with Gasteiger partial charge in [0, 0.05) is 24.8 Å². The molecule has 0 saturated heterocycles. The van der Waals surface area contributed by atoms with Crippen LogP contribution < -0.4 is 11.1 Å². The average molecular weight is 246 g/mol. The summed E-state index contributed by atoms with van der Waals surface area (Å²) in [5.74, 6) is -0.332. The Morgan fingerprint density at radius 2 is 2.33 bits per heavy atom. The zero-order valence-corrected chi connectivity index (χ0v) is 10.8. The van der Waals surface area contributed by atoms with Crippen molar-refractivity contribution in [3.63, 3.8) is 0 Å². The number of anilines is 1. The molecule has 2 aromatic rings. The number of oxazole rings is 1. The van der Waals surface area contributed by atoms with Crippen molar-refractivity contribution in [1.82, 2.24) is 4.57 Å². The third-order valence-electron chi connectivity index (χ3n) is 3.01. The number of nitrogens with one attached hydrogen (secondary N) is 1. The van der Waals surface area contributed by atoms with Gasteiger partial charge in [0.05, 0.1) is 5.52 Å². The molecule has 0 spiro atoms. The fourth-order valence-electron chi connectivity index (χ4n) is 1.95. The quantitative estimate of drug-likeness (QED) is 0.825. The number of rotatable bonds is 5. The van der Waals surface area contributed by atoms with Crippen molar-refractivity contribution < 1.29 is 4.42 Å². The Kier molecular flexibility index (Phi) is 3.55. The van der Waals surface area contributed by atoms with Crippen LogP contribution in [0.2, 0.25) is 0 Å². The monoisotopic (exact) mass is 246 g/mol. The number of nitrogens with zero attached hydrogens (tertiary/aromatic N) is 1. The molecule has 0 bridgehead atoms. The summed E-state index contributed by atoms with van der Waals surface area (Å²) in [6, 6.07) is 6.07. The number of fused-ring (bicyclic) bond motifs is 1. The van der Waals surface area contributed by atoms with Gasteiger partial charge in [-0.3, -0.25) is 4.57 Å². The normalized spacial score (nSPS) is 12.6. The third kappa shape index (κ3) is 2.47. The molecule has 0 fully saturated rings. The summed E-state index contributed by atoms with van der Waals surface area (Å²) >= 11 is 0. The van der Waals surface area contributed by atoms with E-state index < -0.39 is 0 Å². The lowest BCUT2D eigenvalue weighted by Crippen LogP contribution is -2.14. The number of aromatic nitrogens is 1. The second-order valence-corrected chi connectivity index (χ2v) is 4.52. The zero-order chi connectivity index (χ0) is 13.1. The Hall–Kier alpha value is -1.97. The first kappa shape index (κ1) is 12.5. The Balaban J connectivity index is 2.20. The third-order valence-corrected chi connectivity index (χ3v) is 3.01. The Morgan fingerprint density at radius 3 is 3.06 bits per heavy atom. The van der Waals surface area contributed by atoms with Crippen LogP contribution in [0.25, 0.3) is 11.1 Å². The van der Waals surface area contributed by atoms with Crippen LogP contribution in [0.5, 0.6) is 0 Å². The van der Waals surface area contributed by atoms with Gasteiger partial charge in [-0.1, -0.05) is 6.08 Å². The molecule has 4 nitrogen and oxygen atoms in total. The molecule has 0 aliphatic rings. The van der Waals surface area contributed by atoms with Crippen LogP contribution in [0, 0.1) is 0 Å². The first-order valence-corrected chi connectivity index (χ1v) is 6.09. The minimum Gasteiger partial charge on any atom is -0.408 e. The van der Waals surface area contributed by atoms with Gasteiger partial charge in [-0.25, -0.2) is 4.79 Å². The van der Waals surface area contributed by atoms with E-state index in [1.165, 1.54) is 4.57 Å². The topological polar surface area (TPSA) is 47.2 Å². The van der Waals surface area contributed by atoms with Crippen molar-refractivity contribution in [2.45, 2.75) is 25.8 Å². The molecule has 0 unspecified atom stereocenters.